The highest BCUT2D eigenvalue weighted by Crippen LogP contribution is 2.33. The molecular formula is C16H16ClN7OS. The van der Waals surface area contributed by atoms with Crippen molar-refractivity contribution in [3.63, 3.8) is 0 Å². The summed E-state index contributed by atoms with van der Waals surface area (Å²) in [6, 6.07) is 5.37. The zero-order valence-corrected chi connectivity index (χ0v) is 15.5. The van der Waals surface area contributed by atoms with E-state index >= 15 is 0 Å². The van der Waals surface area contributed by atoms with E-state index in [0.29, 0.717) is 22.9 Å². The van der Waals surface area contributed by atoms with E-state index in [1.165, 1.54) is 11.8 Å². The second-order valence-corrected chi connectivity index (χ2v) is 7.30. The van der Waals surface area contributed by atoms with Gasteiger partial charge in [-0.05, 0) is 30.0 Å². The van der Waals surface area contributed by atoms with Gasteiger partial charge in [-0.2, -0.15) is 5.10 Å². The van der Waals surface area contributed by atoms with Crippen molar-refractivity contribution in [2.45, 2.75) is 23.0 Å². The van der Waals surface area contributed by atoms with Crippen molar-refractivity contribution in [3.8, 4) is 0 Å². The first-order valence-corrected chi connectivity index (χ1v) is 9.21. The minimum atomic E-state index is -0.254. The highest BCUT2D eigenvalue weighted by atomic mass is 35.5. The number of anilines is 1. The Labute approximate surface area is 158 Å². The second kappa shape index (κ2) is 7.10. The van der Waals surface area contributed by atoms with Gasteiger partial charge in [0.15, 0.2) is 10.9 Å². The standard InChI is InChI=1S/C16H16ClN7OS/c1-24-8-19-23-16(24)26-13-3-2-9(6-11(13)17)20-15(25)14-10-7-18-5-4-12(10)21-22-14/h2-3,6,8,18H,4-5,7H2,1H3,(H,20,25)(H,21,22). The lowest BCUT2D eigenvalue weighted by atomic mass is 10.1. The fraction of sp³-hybridized carbons (Fsp3) is 0.250. The molecule has 3 heterocycles. The van der Waals surface area contributed by atoms with E-state index in [-0.39, 0.29) is 5.91 Å². The van der Waals surface area contributed by atoms with Gasteiger partial charge in [-0.25, -0.2) is 0 Å². The van der Waals surface area contributed by atoms with Crippen LogP contribution in [0.3, 0.4) is 0 Å². The lowest BCUT2D eigenvalue weighted by Crippen LogP contribution is -2.25. The number of fused-ring (bicyclic) bond motifs is 1. The smallest absolute Gasteiger partial charge is 0.276 e. The number of hydrogen-bond donors (Lipinski definition) is 3. The van der Waals surface area contributed by atoms with Crippen molar-refractivity contribution in [2.24, 2.45) is 7.05 Å². The molecule has 0 saturated heterocycles. The summed E-state index contributed by atoms with van der Waals surface area (Å²) in [5.41, 5.74) is 2.97. The molecule has 0 fully saturated rings. The number of H-pyrrole nitrogens is 1. The maximum Gasteiger partial charge on any atom is 0.276 e. The number of nitrogens with one attached hydrogen (secondary N) is 3. The summed E-state index contributed by atoms with van der Waals surface area (Å²) >= 11 is 7.77. The van der Waals surface area contributed by atoms with E-state index in [0.717, 1.165) is 34.3 Å². The van der Waals surface area contributed by atoms with Crippen LogP contribution >= 0.6 is 23.4 Å². The Morgan fingerprint density at radius 1 is 1.42 bits per heavy atom. The van der Waals surface area contributed by atoms with E-state index in [1.54, 1.807) is 18.5 Å². The van der Waals surface area contributed by atoms with Crippen LogP contribution in [0.5, 0.6) is 0 Å². The Balaban J connectivity index is 1.50. The molecule has 3 N–H and O–H groups in total. The number of aromatic amines is 1. The van der Waals surface area contributed by atoms with Crippen molar-refractivity contribution in [1.29, 1.82) is 0 Å². The summed E-state index contributed by atoms with van der Waals surface area (Å²) in [5.74, 6) is -0.254. The molecule has 1 aliphatic rings. The predicted molar refractivity (Wildman–Crippen MR) is 98.5 cm³/mol. The molecular weight excluding hydrogens is 374 g/mol. The molecule has 1 aromatic carbocycles. The Hall–Kier alpha value is -2.36. The molecule has 1 aliphatic heterocycles. The van der Waals surface area contributed by atoms with Gasteiger partial charge in [0.1, 0.15) is 6.33 Å². The molecule has 26 heavy (non-hydrogen) atoms. The van der Waals surface area contributed by atoms with Gasteiger partial charge in [0, 0.05) is 48.4 Å². The summed E-state index contributed by atoms with van der Waals surface area (Å²) in [5, 5.41) is 22.4. The molecule has 0 spiro atoms. The van der Waals surface area contributed by atoms with Gasteiger partial charge in [-0.3, -0.25) is 9.89 Å². The average molecular weight is 390 g/mol. The van der Waals surface area contributed by atoms with Gasteiger partial charge in [-0.15, -0.1) is 10.2 Å². The van der Waals surface area contributed by atoms with Crippen LogP contribution in [-0.2, 0) is 20.0 Å². The molecule has 8 nitrogen and oxygen atoms in total. The third kappa shape index (κ3) is 3.33. The minimum Gasteiger partial charge on any atom is -0.321 e. The Morgan fingerprint density at radius 3 is 3.08 bits per heavy atom. The van der Waals surface area contributed by atoms with Crippen molar-refractivity contribution >= 4 is 35.0 Å². The molecule has 0 radical (unpaired) electrons. The number of nitrogens with zero attached hydrogens (tertiary/aromatic N) is 4. The molecule has 0 aliphatic carbocycles. The molecule has 1 amide bonds. The SMILES string of the molecule is Cn1cnnc1Sc1ccc(NC(=O)c2n[nH]c3c2CNCC3)cc1Cl. The predicted octanol–water partition coefficient (Wildman–Crippen LogP) is 2.24. The zero-order chi connectivity index (χ0) is 18.1. The van der Waals surface area contributed by atoms with E-state index in [2.05, 4.69) is 31.0 Å². The molecule has 134 valence electrons. The van der Waals surface area contributed by atoms with Crippen LogP contribution in [0.4, 0.5) is 5.69 Å². The van der Waals surface area contributed by atoms with E-state index in [9.17, 15) is 4.79 Å². The van der Waals surface area contributed by atoms with Gasteiger partial charge < -0.3 is 15.2 Å². The highest BCUT2D eigenvalue weighted by molar-refractivity contribution is 7.99. The van der Waals surface area contributed by atoms with Crippen LogP contribution in [-0.4, -0.2) is 37.4 Å². The maximum absolute atomic E-state index is 12.6. The molecule has 4 rings (SSSR count). The van der Waals surface area contributed by atoms with Gasteiger partial charge in [-0.1, -0.05) is 11.6 Å². The van der Waals surface area contributed by atoms with E-state index in [1.807, 2.05) is 17.7 Å². The largest absolute Gasteiger partial charge is 0.321 e. The van der Waals surface area contributed by atoms with Crippen LogP contribution < -0.4 is 10.6 Å². The number of benzene rings is 1. The summed E-state index contributed by atoms with van der Waals surface area (Å²) in [7, 11) is 1.87. The molecule has 0 unspecified atom stereocenters. The fourth-order valence-corrected chi connectivity index (χ4v) is 3.79. The number of aryl methyl sites for hydroxylation is 1. The first-order valence-electron chi connectivity index (χ1n) is 8.01. The zero-order valence-electron chi connectivity index (χ0n) is 13.9. The highest BCUT2D eigenvalue weighted by Gasteiger charge is 2.21. The molecule has 3 aromatic rings. The first kappa shape index (κ1) is 17.1. The van der Waals surface area contributed by atoms with Crippen LogP contribution in [0.15, 0.2) is 34.6 Å². The van der Waals surface area contributed by atoms with Gasteiger partial charge in [0.05, 0.1) is 5.02 Å². The number of halogens is 1. The van der Waals surface area contributed by atoms with Crippen LogP contribution in [0.25, 0.3) is 0 Å². The summed E-state index contributed by atoms with van der Waals surface area (Å²) < 4.78 is 1.81. The Kier molecular flexibility index (Phi) is 4.66. The summed E-state index contributed by atoms with van der Waals surface area (Å²) in [4.78, 5) is 13.4. The van der Waals surface area contributed by atoms with Crippen molar-refractivity contribution in [1.82, 2.24) is 30.3 Å². The fourth-order valence-electron chi connectivity index (χ4n) is 2.73. The van der Waals surface area contributed by atoms with Crippen molar-refractivity contribution in [3.05, 3.63) is 46.5 Å². The van der Waals surface area contributed by atoms with Crippen LogP contribution in [0, 0.1) is 0 Å². The number of rotatable bonds is 4. The molecule has 0 atom stereocenters. The van der Waals surface area contributed by atoms with Gasteiger partial charge >= 0.3 is 0 Å². The van der Waals surface area contributed by atoms with Crippen LogP contribution in [0.1, 0.15) is 21.7 Å². The number of amides is 1. The topological polar surface area (TPSA) is 101 Å². The molecule has 0 saturated carbocycles. The number of carbonyl (C=O) groups is 1. The number of hydrogen-bond acceptors (Lipinski definition) is 6. The third-order valence-electron chi connectivity index (χ3n) is 4.08. The quantitative estimate of drug-likeness (QED) is 0.632. The maximum atomic E-state index is 12.6. The van der Waals surface area contributed by atoms with E-state index in [4.69, 9.17) is 11.6 Å². The Morgan fingerprint density at radius 2 is 2.31 bits per heavy atom. The second-order valence-electron chi connectivity index (χ2n) is 5.88. The van der Waals surface area contributed by atoms with Crippen LogP contribution in [0.2, 0.25) is 5.02 Å². The summed E-state index contributed by atoms with van der Waals surface area (Å²) in [6.45, 7) is 1.53. The number of carbonyl (C=O) groups excluding carboxylic acids is 1. The first-order chi connectivity index (χ1) is 12.6. The molecule has 2 aromatic heterocycles. The average Bonchev–Trinajstić information content (AvgIpc) is 3.23. The minimum absolute atomic E-state index is 0.254. The molecule has 0 bridgehead atoms. The normalized spacial score (nSPS) is 13.5. The third-order valence-corrected chi connectivity index (χ3v) is 5.64. The lowest BCUT2D eigenvalue weighted by Gasteiger charge is -2.13. The van der Waals surface area contributed by atoms with Crippen molar-refractivity contribution in [2.75, 3.05) is 11.9 Å². The monoisotopic (exact) mass is 389 g/mol. The van der Waals surface area contributed by atoms with E-state index < -0.39 is 0 Å². The van der Waals surface area contributed by atoms with Crippen molar-refractivity contribution < 1.29 is 4.79 Å². The van der Waals surface area contributed by atoms with Gasteiger partial charge in [0.2, 0.25) is 0 Å². The Bertz CT molecular complexity index is 967. The van der Waals surface area contributed by atoms with Gasteiger partial charge in [0.25, 0.3) is 5.91 Å². The summed E-state index contributed by atoms with van der Waals surface area (Å²) in [6.07, 6.45) is 2.47. The lowest BCUT2D eigenvalue weighted by molar-refractivity contribution is 0.102. The molecule has 10 heteroatoms. The number of aromatic nitrogens is 5.